The minimum absolute atomic E-state index is 0.447. The van der Waals surface area contributed by atoms with Crippen LogP contribution in [0.15, 0.2) is 42.6 Å². The van der Waals surface area contributed by atoms with Crippen molar-refractivity contribution >= 4 is 22.4 Å². The number of methoxy groups -OCH3 is 1. The number of ether oxygens (including phenoxy) is 1. The number of aliphatic hydroxyl groups excluding tert-OH is 1. The summed E-state index contributed by atoms with van der Waals surface area (Å²) >= 11 is 0. The summed E-state index contributed by atoms with van der Waals surface area (Å²) in [6, 6.07) is 12.0. The number of hydrogen-bond acceptors (Lipinski definition) is 8. The van der Waals surface area contributed by atoms with Gasteiger partial charge in [-0.25, -0.2) is 9.97 Å². The Morgan fingerprint density at radius 3 is 2.69 bits per heavy atom. The SMILES string of the molecule is COc1ccc2c(NC[C@H](O)CN(C)C)cc(-c3ccc(N4CCNCC4)nc3)nc2c1. The van der Waals surface area contributed by atoms with Gasteiger partial charge in [0.05, 0.1) is 24.4 Å². The van der Waals surface area contributed by atoms with Gasteiger partial charge in [-0.05, 0) is 44.4 Å². The number of piperazine rings is 1. The number of nitrogens with one attached hydrogen (secondary N) is 2. The first kappa shape index (κ1) is 22.3. The molecule has 1 fully saturated rings. The number of anilines is 2. The fourth-order valence-electron chi connectivity index (χ4n) is 3.96. The van der Waals surface area contributed by atoms with Crippen molar-refractivity contribution in [3.8, 4) is 17.0 Å². The molecule has 0 aliphatic carbocycles. The van der Waals surface area contributed by atoms with Crippen LogP contribution in [-0.2, 0) is 0 Å². The second kappa shape index (κ2) is 10.1. The van der Waals surface area contributed by atoms with E-state index >= 15 is 0 Å². The van der Waals surface area contributed by atoms with E-state index in [1.165, 1.54) is 0 Å². The number of pyridine rings is 2. The summed E-state index contributed by atoms with van der Waals surface area (Å²) in [5.41, 5.74) is 3.54. The predicted molar refractivity (Wildman–Crippen MR) is 130 cm³/mol. The minimum Gasteiger partial charge on any atom is -0.497 e. The quantitative estimate of drug-likeness (QED) is 0.495. The van der Waals surface area contributed by atoms with Crippen LogP contribution < -0.4 is 20.3 Å². The van der Waals surface area contributed by atoms with Gasteiger partial charge in [-0.1, -0.05) is 0 Å². The van der Waals surface area contributed by atoms with E-state index in [0.29, 0.717) is 13.1 Å². The summed E-state index contributed by atoms with van der Waals surface area (Å²) < 4.78 is 5.40. The molecule has 8 nitrogen and oxygen atoms in total. The van der Waals surface area contributed by atoms with Crippen molar-refractivity contribution in [2.45, 2.75) is 6.10 Å². The molecule has 1 atom stereocenters. The van der Waals surface area contributed by atoms with Gasteiger partial charge in [-0.2, -0.15) is 0 Å². The van der Waals surface area contributed by atoms with E-state index in [2.05, 4.69) is 27.7 Å². The number of likely N-dealkylation sites (N-methyl/N-ethyl adjacent to an activating group) is 1. The van der Waals surface area contributed by atoms with Gasteiger partial charge in [0, 0.05) is 68.2 Å². The third-order valence-electron chi connectivity index (χ3n) is 5.61. The fraction of sp³-hybridized carbons (Fsp3) is 0.417. The average molecular weight is 437 g/mol. The molecule has 0 bridgehead atoms. The molecule has 0 unspecified atom stereocenters. The number of benzene rings is 1. The maximum atomic E-state index is 10.3. The Hall–Kier alpha value is -2.94. The summed E-state index contributed by atoms with van der Waals surface area (Å²) in [4.78, 5) is 13.8. The Labute approximate surface area is 189 Å². The van der Waals surface area contributed by atoms with Crippen LogP contribution in [0.4, 0.5) is 11.5 Å². The van der Waals surface area contributed by atoms with Gasteiger partial charge >= 0.3 is 0 Å². The van der Waals surface area contributed by atoms with Crippen molar-refractivity contribution in [2.24, 2.45) is 0 Å². The lowest BCUT2D eigenvalue weighted by Crippen LogP contribution is -2.43. The van der Waals surface area contributed by atoms with Crippen molar-refractivity contribution in [3.05, 3.63) is 42.6 Å². The molecule has 2 aromatic heterocycles. The van der Waals surface area contributed by atoms with Gasteiger partial charge in [-0.3, -0.25) is 0 Å². The molecule has 170 valence electrons. The number of aromatic nitrogens is 2. The zero-order chi connectivity index (χ0) is 22.5. The Kier molecular flexibility index (Phi) is 7.04. The van der Waals surface area contributed by atoms with E-state index in [1.54, 1.807) is 7.11 Å². The minimum atomic E-state index is -0.477. The third kappa shape index (κ3) is 5.27. The molecule has 8 heteroatoms. The molecule has 0 amide bonds. The molecule has 0 radical (unpaired) electrons. The molecular formula is C24H32N6O2. The molecule has 32 heavy (non-hydrogen) atoms. The highest BCUT2D eigenvalue weighted by Gasteiger charge is 2.14. The number of rotatable bonds is 8. The molecule has 3 heterocycles. The standard InChI is InChI=1S/C24H32N6O2/c1-29(2)16-18(31)15-26-22-13-21(28-23-12-19(32-3)5-6-20(22)23)17-4-7-24(27-14-17)30-10-8-25-9-11-30/h4-7,12-14,18,25,31H,8-11,15-16H2,1-3H3,(H,26,28)/t18-/m0/s1. The zero-order valence-electron chi connectivity index (χ0n) is 19.0. The maximum Gasteiger partial charge on any atom is 0.128 e. The highest BCUT2D eigenvalue weighted by Crippen LogP contribution is 2.31. The molecule has 3 N–H and O–H groups in total. The summed E-state index contributed by atoms with van der Waals surface area (Å²) in [7, 11) is 5.56. The lowest BCUT2D eigenvalue weighted by molar-refractivity contribution is 0.148. The first-order valence-electron chi connectivity index (χ1n) is 11.0. The van der Waals surface area contributed by atoms with Crippen LogP contribution in [0.5, 0.6) is 5.75 Å². The van der Waals surface area contributed by atoms with Crippen LogP contribution in [-0.4, -0.2) is 86.6 Å². The third-order valence-corrected chi connectivity index (χ3v) is 5.61. The lowest BCUT2D eigenvalue weighted by Gasteiger charge is -2.28. The fourth-order valence-corrected chi connectivity index (χ4v) is 3.96. The Morgan fingerprint density at radius 1 is 1.19 bits per heavy atom. The highest BCUT2D eigenvalue weighted by molar-refractivity contribution is 5.94. The second-order valence-electron chi connectivity index (χ2n) is 8.38. The van der Waals surface area contributed by atoms with Crippen molar-refractivity contribution in [3.63, 3.8) is 0 Å². The number of aliphatic hydroxyl groups is 1. The van der Waals surface area contributed by atoms with Gasteiger partial charge in [0.15, 0.2) is 0 Å². The topological polar surface area (TPSA) is 85.8 Å². The molecule has 1 aliphatic heterocycles. The molecule has 4 rings (SSSR count). The molecule has 1 aromatic carbocycles. The van der Waals surface area contributed by atoms with Crippen LogP contribution in [0, 0.1) is 0 Å². The Morgan fingerprint density at radius 2 is 2.00 bits per heavy atom. The lowest BCUT2D eigenvalue weighted by atomic mass is 10.1. The van der Waals surface area contributed by atoms with Crippen molar-refractivity contribution in [2.75, 3.05) is 70.7 Å². The van der Waals surface area contributed by atoms with E-state index in [9.17, 15) is 5.11 Å². The van der Waals surface area contributed by atoms with E-state index < -0.39 is 6.10 Å². The smallest absolute Gasteiger partial charge is 0.128 e. The van der Waals surface area contributed by atoms with Gasteiger partial charge in [-0.15, -0.1) is 0 Å². The van der Waals surface area contributed by atoms with Gasteiger partial charge in [0.25, 0.3) is 0 Å². The molecule has 0 spiro atoms. The van der Waals surface area contributed by atoms with Crippen molar-refractivity contribution in [1.82, 2.24) is 20.2 Å². The van der Waals surface area contributed by atoms with Gasteiger partial charge < -0.3 is 30.3 Å². The van der Waals surface area contributed by atoms with Crippen molar-refractivity contribution < 1.29 is 9.84 Å². The predicted octanol–water partition coefficient (Wildman–Crippen LogP) is 2.05. The molecule has 3 aromatic rings. The largest absolute Gasteiger partial charge is 0.497 e. The molecule has 0 saturated carbocycles. The van der Waals surface area contributed by atoms with Crippen LogP contribution in [0.1, 0.15) is 0 Å². The summed E-state index contributed by atoms with van der Waals surface area (Å²) in [5.74, 6) is 1.75. The highest BCUT2D eigenvalue weighted by atomic mass is 16.5. The van der Waals surface area contributed by atoms with Gasteiger partial charge in [0.1, 0.15) is 11.6 Å². The summed E-state index contributed by atoms with van der Waals surface area (Å²) in [6.07, 6.45) is 1.41. The Bertz CT molecular complexity index is 1030. The maximum absolute atomic E-state index is 10.3. The molecular weight excluding hydrogens is 404 g/mol. The first-order valence-corrected chi connectivity index (χ1v) is 11.0. The Balaban J connectivity index is 1.64. The second-order valence-corrected chi connectivity index (χ2v) is 8.38. The monoisotopic (exact) mass is 436 g/mol. The summed E-state index contributed by atoms with van der Waals surface area (Å²) in [5, 5.41) is 18.1. The number of hydrogen-bond donors (Lipinski definition) is 3. The van der Waals surface area contributed by atoms with Crippen LogP contribution >= 0.6 is 0 Å². The van der Waals surface area contributed by atoms with E-state index in [-0.39, 0.29) is 0 Å². The van der Waals surface area contributed by atoms with Crippen LogP contribution in [0.25, 0.3) is 22.2 Å². The van der Waals surface area contributed by atoms with Crippen LogP contribution in [0.3, 0.4) is 0 Å². The zero-order valence-corrected chi connectivity index (χ0v) is 19.0. The molecule has 1 saturated heterocycles. The van der Waals surface area contributed by atoms with Crippen LogP contribution in [0.2, 0.25) is 0 Å². The first-order chi connectivity index (χ1) is 15.5. The number of nitrogens with zero attached hydrogens (tertiary/aromatic N) is 4. The van der Waals surface area contributed by atoms with Crippen molar-refractivity contribution in [1.29, 1.82) is 0 Å². The number of fused-ring (bicyclic) bond motifs is 1. The van der Waals surface area contributed by atoms with E-state index in [0.717, 1.165) is 65.6 Å². The summed E-state index contributed by atoms with van der Waals surface area (Å²) in [6.45, 7) is 4.92. The van der Waals surface area contributed by atoms with E-state index in [4.69, 9.17) is 14.7 Å². The van der Waals surface area contributed by atoms with E-state index in [1.807, 2.05) is 49.5 Å². The average Bonchev–Trinajstić information content (AvgIpc) is 2.82. The normalized spacial score (nSPS) is 15.2. The van der Waals surface area contributed by atoms with Gasteiger partial charge in [0.2, 0.25) is 0 Å². The molecule has 1 aliphatic rings.